The predicted molar refractivity (Wildman–Crippen MR) is 78.5 cm³/mol. The van der Waals surface area contributed by atoms with Gasteiger partial charge in [0, 0.05) is 38.4 Å². The fourth-order valence-corrected chi connectivity index (χ4v) is 3.21. The minimum absolute atomic E-state index is 0.610. The summed E-state index contributed by atoms with van der Waals surface area (Å²) in [5, 5.41) is 4.22. The first-order valence-electron chi connectivity index (χ1n) is 7.64. The Morgan fingerprint density at radius 1 is 1.25 bits per heavy atom. The standard InChI is InChI=1S/C14H25N5O/c15-14-3-7-19(16-14)5-1-4-17-6-2-13(12-17)18-8-10-20-11-9-18/h3,7,13H,1-2,4-6,8-12H2,(H2,15,16). The van der Waals surface area contributed by atoms with E-state index in [1.165, 1.54) is 19.5 Å². The van der Waals surface area contributed by atoms with E-state index < -0.39 is 0 Å². The molecule has 0 aromatic carbocycles. The monoisotopic (exact) mass is 279 g/mol. The summed E-state index contributed by atoms with van der Waals surface area (Å²) in [7, 11) is 0. The molecule has 6 nitrogen and oxygen atoms in total. The number of nitrogen functional groups attached to an aromatic ring is 1. The van der Waals surface area contributed by atoms with Gasteiger partial charge in [0.15, 0.2) is 0 Å². The van der Waals surface area contributed by atoms with Crippen molar-refractivity contribution in [3.63, 3.8) is 0 Å². The van der Waals surface area contributed by atoms with Crippen LogP contribution in [0.25, 0.3) is 0 Å². The van der Waals surface area contributed by atoms with Gasteiger partial charge in [-0.3, -0.25) is 9.58 Å². The maximum absolute atomic E-state index is 5.62. The Balaban J connectivity index is 1.37. The average molecular weight is 279 g/mol. The summed E-state index contributed by atoms with van der Waals surface area (Å²) in [5.74, 6) is 0.610. The van der Waals surface area contributed by atoms with Crippen LogP contribution in [-0.4, -0.2) is 71.6 Å². The number of nitrogens with zero attached hydrogens (tertiary/aromatic N) is 4. The van der Waals surface area contributed by atoms with Gasteiger partial charge in [-0.05, 0) is 32.0 Å². The van der Waals surface area contributed by atoms with Crippen molar-refractivity contribution in [3.05, 3.63) is 12.3 Å². The number of anilines is 1. The molecule has 0 aliphatic carbocycles. The maximum atomic E-state index is 5.62. The Hall–Kier alpha value is -1.11. The lowest BCUT2D eigenvalue weighted by Crippen LogP contribution is -2.44. The number of aromatic nitrogens is 2. The summed E-state index contributed by atoms with van der Waals surface area (Å²) in [6.07, 6.45) is 4.39. The molecule has 20 heavy (non-hydrogen) atoms. The van der Waals surface area contributed by atoms with Crippen LogP contribution < -0.4 is 5.73 Å². The number of aryl methyl sites for hydroxylation is 1. The highest BCUT2D eigenvalue weighted by molar-refractivity contribution is 5.23. The molecule has 0 amide bonds. The van der Waals surface area contributed by atoms with E-state index in [1.54, 1.807) is 0 Å². The van der Waals surface area contributed by atoms with E-state index in [4.69, 9.17) is 10.5 Å². The van der Waals surface area contributed by atoms with E-state index >= 15 is 0 Å². The average Bonchev–Trinajstić information content (AvgIpc) is 3.09. The molecular weight excluding hydrogens is 254 g/mol. The number of hydrogen-bond acceptors (Lipinski definition) is 5. The number of hydrogen-bond donors (Lipinski definition) is 1. The van der Waals surface area contributed by atoms with Crippen molar-refractivity contribution in [2.75, 3.05) is 51.7 Å². The Kier molecular flexibility index (Phi) is 4.54. The summed E-state index contributed by atoms with van der Waals surface area (Å²) >= 11 is 0. The molecule has 2 aliphatic rings. The predicted octanol–water partition coefficient (Wildman–Crippen LogP) is 0.262. The van der Waals surface area contributed by atoms with Gasteiger partial charge in [-0.2, -0.15) is 5.10 Å². The lowest BCUT2D eigenvalue weighted by Gasteiger charge is -2.32. The fourth-order valence-electron chi connectivity index (χ4n) is 3.21. The molecule has 2 saturated heterocycles. The zero-order valence-corrected chi connectivity index (χ0v) is 12.1. The molecule has 1 aromatic rings. The van der Waals surface area contributed by atoms with E-state index in [9.17, 15) is 0 Å². The van der Waals surface area contributed by atoms with Crippen LogP contribution in [0.4, 0.5) is 5.82 Å². The number of likely N-dealkylation sites (tertiary alicyclic amines) is 1. The minimum atomic E-state index is 0.610. The summed E-state index contributed by atoms with van der Waals surface area (Å²) in [4.78, 5) is 5.17. The third-order valence-corrected chi connectivity index (χ3v) is 4.33. The van der Waals surface area contributed by atoms with Gasteiger partial charge in [-0.1, -0.05) is 0 Å². The van der Waals surface area contributed by atoms with Crippen molar-refractivity contribution in [2.45, 2.75) is 25.4 Å². The summed E-state index contributed by atoms with van der Waals surface area (Å²) in [5.41, 5.74) is 5.62. The molecule has 0 bridgehead atoms. The van der Waals surface area contributed by atoms with Crippen molar-refractivity contribution in [1.29, 1.82) is 0 Å². The molecule has 112 valence electrons. The van der Waals surface area contributed by atoms with Gasteiger partial charge < -0.3 is 15.4 Å². The quantitative estimate of drug-likeness (QED) is 0.838. The van der Waals surface area contributed by atoms with Crippen molar-refractivity contribution >= 4 is 5.82 Å². The van der Waals surface area contributed by atoms with E-state index in [-0.39, 0.29) is 0 Å². The zero-order valence-electron chi connectivity index (χ0n) is 12.1. The van der Waals surface area contributed by atoms with Gasteiger partial charge in [-0.15, -0.1) is 0 Å². The van der Waals surface area contributed by atoms with Gasteiger partial charge in [-0.25, -0.2) is 0 Å². The first-order chi connectivity index (χ1) is 9.81. The first-order valence-corrected chi connectivity index (χ1v) is 7.64. The number of morpholine rings is 1. The van der Waals surface area contributed by atoms with Crippen LogP contribution in [0.3, 0.4) is 0 Å². The van der Waals surface area contributed by atoms with E-state index in [0.717, 1.165) is 51.9 Å². The Morgan fingerprint density at radius 3 is 2.85 bits per heavy atom. The van der Waals surface area contributed by atoms with Crippen LogP contribution in [0.15, 0.2) is 12.3 Å². The van der Waals surface area contributed by atoms with Crippen LogP contribution in [0.1, 0.15) is 12.8 Å². The molecule has 2 fully saturated rings. The van der Waals surface area contributed by atoms with Crippen molar-refractivity contribution < 1.29 is 4.74 Å². The Labute approximate surface area is 120 Å². The van der Waals surface area contributed by atoms with Crippen LogP contribution in [0.2, 0.25) is 0 Å². The largest absolute Gasteiger partial charge is 0.382 e. The Bertz CT molecular complexity index is 415. The van der Waals surface area contributed by atoms with Gasteiger partial charge >= 0.3 is 0 Å². The van der Waals surface area contributed by atoms with Gasteiger partial charge in [0.05, 0.1) is 13.2 Å². The van der Waals surface area contributed by atoms with Crippen LogP contribution >= 0.6 is 0 Å². The zero-order chi connectivity index (χ0) is 13.8. The molecule has 3 rings (SSSR count). The second kappa shape index (κ2) is 6.56. The summed E-state index contributed by atoms with van der Waals surface area (Å²) in [6, 6.07) is 2.59. The Morgan fingerprint density at radius 2 is 2.10 bits per heavy atom. The van der Waals surface area contributed by atoms with E-state index in [1.807, 2.05) is 16.9 Å². The minimum Gasteiger partial charge on any atom is -0.382 e. The molecule has 0 radical (unpaired) electrons. The van der Waals surface area contributed by atoms with Crippen molar-refractivity contribution in [3.8, 4) is 0 Å². The maximum Gasteiger partial charge on any atom is 0.145 e. The van der Waals surface area contributed by atoms with Crippen LogP contribution in [-0.2, 0) is 11.3 Å². The van der Waals surface area contributed by atoms with Crippen LogP contribution in [0.5, 0.6) is 0 Å². The van der Waals surface area contributed by atoms with Gasteiger partial charge in [0.1, 0.15) is 5.82 Å². The molecule has 0 spiro atoms. The second-order valence-electron chi connectivity index (χ2n) is 5.75. The highest BCUT2D eigenvalue weighted by Crippen LogP contribution is 2.17. The highest BCUT2D eigenvalue weighted by atomic mass is 16.5. The fraction of sp³-hybridized carbons (Fsp3) is 0.786. The lowest BCUT2D eigenvalue weighted by molar-refractivity contribution is 0.0185. The molecule has 0 saturated carbocycles. The normalized spacial score (nSPS) is 25.3. The molecular formula is C14H25N5O. The first kappa shape index (κ1) is 13.9. The van der Waals surface area contributed by atoms with E-state index in [0.29, 0.717) is 5.82 Å². The number of rotatable bonds is 5. The smallest absolute Gasteiger partial charge is 0.145 e. The highest BCUT2D eigenvalue weighted by Gasteiger charge is 2.28. The molecule has 3 heterocycles. The SMILES string of the molecule is Nc1ccn(CCCN2CCC(N3CCOCC3)C2)n1. The molecule has 1 aromatic heterocycles. The van der Waals surface area contributed by atoms with Crippen molar-refractivity contribution in [2.24, 2.45) is 0 Å². The molecule has 2 N–H and O–H groups in total. The summed E-state index contributed by atoms with van der Waals surface area (Å²) < 4.78 is 7.36. The molecule has 6 heteroatoms. The van der Waals surface area contributed by atoms with E-state index in [2.05, 4.69) is 14.9 Å². The topological polar surface area (TPSA) is 59.5 Å². The summed E-state index contributed by atoms with van der Waals surface area (Å²) in [6.45, 7) is 8.55. The number of ether oxygens (including phenoxy) is 1. The van der Waals surface area contributed by atoms with Crippen LogP contribution in [0, 0.1) is 0 Å². The third-order valence-electron chi connectivity index (χ3n) is 4.33. The van der Waals surface area contributed by atoms with Gasteiger partial charge in [0.25, 0.3) is 0 Å². The molecule has 2 aliphatic heterocycles. The number of nitrogens with two attached hydrogens (primary N) is 1. The van der Waals surface area contributed by atoms with Crippen molar-refractivity contribution in [1.82, 2.24) is 19.6 Å². The molecule has 1 atom stereocenters. The third kappa shape index (κ3) is 3.50. The lowest BCUT2D eigenvalue weighted by atomic mass is 10.2. The van der Waals surface area contributed by atoms with Gasteiger partial charge in [0.2, 0.25) is 0 Å². The second-order valence-corrected chi connectivity index (χ2v) is 5.75. The molecule has 1 unspecified atom stereocenters.